The summed E-state index contributed by atoms with van der Waals surface area (Å²) in [5.74, 6) is -0.464. The van der Waals surface area contributed by atoms with Crippen LogP contribution in [-0.4, -0.2) is 50.9 Å². The summed E-state index contributed by atoms with van der Waals surface area (Å²) in [7, 11) is -3.79. The van der Waals surface area contributed by atoms with Crippen LogP contribution in [-0.2, 0) is 21.2 Å². The van der Waals surface area contributed by atoms with Crippen LogP contribution in [0.4, 0.5) is 15.8 Å². The largest absolute Gasteiger partial charge is 0.369 e. The number of fused-ring (bicyclic) bond motifs is 1. The quantitative estimate of drug-likeness (QED) is 0.654. The molecule has 4 rings (SSSR count). The normalized spacial score (nSPS) is 19.8. The lowest BCUT2D eigenvalue weighted by Gasteiger charge is -2.36. The van der Waals surface area contributed by atoms with Gasteiger partial charge in [-0.1, -0.05) is 15.9 Å². The van der Waals surface area contributed by atoms with Gasteiger partial charge >= 0.3 is 0 Å². The lowest BCUT2D eigenvalue weighted by atomic mass is 10.1. The molecule has 0 unspecified atom stereocenters. The highest BCUT2D eigenvalue weighted by Gasteiger charge is 2.38. The van der Waals surface area contributed by atoms with Crippen molar-refractivity contribution in [1.29, 1.82) is 0 Å². The van der Waals surface area contributed by atoms with Crippen LogP contribution in [0.2, 0.25) is 0 Å². The second-order valence-electron chi connectivity index (χ2n) is 7.72. The van der Waals surface area contributed by atoms with Gasteiger partial charge in [0.15, 0.2) is 0 Å². The minimum absolute atomic E-state index is 0.0870. The summed E-state index contributed by atoms with van der Waals surface area (Å²) in [4.78, 5) is 16.1. The molecule has 1 saturated heterocycles. The second-order valence-corrected chi connectivity index (χ2v) is 10.5. The van der Waals surface area contributed by atoms with E-state index in [9.17, 15) is 17.6 Å². The molecule has 0 aromatic heterocycles. The highest BCUT2D eigenvalue weighted by molar-refractivity contribution is 9.10. The number of carbonyl (C=O) groups is 1. The number of benzene rings is 2. The molecule has 0 radical (unpaired) electrons. The number of carbonyl (C=O) groups excluding carboxylic acids is 1. The van der Waals surface area contributed by atoms with Gasteiger partial charge in [0.25, 0.3) is 0 Å². The third-order valence-corrected chi connectivity index (χ3v) is 8.07. The first kappa shape index (κ1) is 21.3. The zero-order valence-electron chi connectivity index (χ0n) is 16.8. The molecule has 0 saturated carbocycles. The predicted octanol–water partition coefficient (Wildman–Crippen LogP) is 3.40. The van der Waals surface area contributed by atoms with Gasteiger partial charge < -0.3 is 9.80 Å². The third kappa shape index (κ3) is 3.74. The van der Waals surface area contributed by atoms with Gasteiger partial charge in [0.05, 0.1) is 5.69 Å². The average Bonchev–Trinajstić information content (AvgIpc) is 3.03. The number of rotatable bonds is 3. The number of amides is 1. The molecular weight excluding hydrogens is 473 g/mol. The van der Waals surface area contributed by atoms with Gasteiger partial charge in [-0.05, 0) is 55.3 Å². The smallest absolute Gasteiger partial charge is 0.245 e. The topological polar surface area (TPSA) is 60.9 Å². The minimum atomic E-state index is -3.79. The second kappa shape index (κ2) is 7.94. The molecule has 1 amide bonds. The van der Waals surface area contributed by atoms with Crippen LogP contribution in [0.1, 0.15) is 19.4 Å². The van der Waals surface area contributed by atoms with Crippen LogP contribution in [0.25, 0.3) is 0 Å². The van der Waals surface area contributed by atoms with Crippen molar-refractivity contribution in [3.05, 3.63) is 52.3 Å². The molecule has 160 valence electrons. The third-order valence-electron chi connectivity index (χ3n) is 5.70. The predicted molar refractivity (Wildman–Crippen MR) is 118 cm³/mol. The molecule has 6 nitrogen and oxygen atoms in total. The van der Waals surface area contributed by atoms with Crippen LogP contribution >= 0.6 is 15.9 Å². The van der Waals surface area contributed by atoms with Gasteiger partial charge in [0, 0.05) is 49.3 Å². The molecule has 1 atom stereocenters. The van der Waals surface area contributed by atoms with E-state index in [1.54, 1.807) is 23.1 Å². The van der Waals surface area contributed by atoms with E-state index in [4.69, 9.17) is 0 Å². The van der Waals surface area contributed by atoms with E-state index in [-0.39, 0.29) is 22.7 Å². The number of hydrogen-bond acceptors (Lipinski definition) is 4. The van der Waals surface area contributed by atoms with Crippen molar-refractivity contribution < 1.29 is 17.6 Å². The fourth-order valence-electron chi connectivity index (χ4n) is 4.33. The van der Waals surface area contributed by atoms with Gasteiger partial charge in [0.1, 0.15) is 10.7 Å². The van der Waals surface area contributed by atoms with E-state index >= 15 is 0 Å². The Kier molecular flexibility index (Phi) is 5.63. The lowest BCUT2D eigenvalue weighted by Crippen LogP contribution is -2.49. The van der Waals surface area contributed by atoms with Gasteiger partial charge in [-0.2, -0.15) is 4.31 Å². The maximum absolute atomic E-state index is 13.6. The molecule has 0 spiro atoms. The van der Waals surface area contributed by atoms with Gasteiger partial charge in [-0.15, -0.1) is 0 Å². The molecule has 0 N–H and O–H groups in total. The Bertz CT molecular complexity index is 1080. The van der Waals surface area contributed by atoms with Crippen molar-refractivity contribution in [3.63, 3.8) is 0 Å². The molecule has 30 heavy (non-hydrogen) atoms. The Hall–Kier alpha value is -1.97. The first-order chi connectivity index (χ1) is 14.2. The summed E-state index contributed by atoms with van der Waals surface area (Å²) in [5, 5.41) is 0. The molecule has 2 aromatic rings. The SMILES string of the molecule is CC(=O)N1c2c(cc(Br)cc2S(=O)(=O)N2CCN(c3ccc(F)cc3)CC2)C[C@H]1C. The van der Waals surface area contributed by atoms with Gasteiger partial charge in [-0.25, -0.2) is 12.8 Å². The van der Waals surface area contributed by atoms with E-state index in [1.807, 2.05) is 17.9 Å². The number of hydrogen-bond donors (Lipinski definition) is 0. The van der Waals surface area contributed by atoms with Gasteiger partial charge in [0.2, 0.25) is 15.9 Å². The summed E-state index contributed by atoms with van der Waals surface area (Å²) in [5.41, 5.74) is 2.23. The van der Waals surface area contributed by atoms with Crippen LogP contribution in [0.5, 0.6) is 0 Å². The summed E-state index contributed by atoms with van der Waals surface area (Å²) < 4.78 is 42.5. The van der Waals surface area contributed by atoms with Crippen LogP contribution in [0.15, 0.2) is 45.8 Å². The fraction of sp³-hybridized carbons (Fsp3) is 0.381. The first-order valence-corrected chi connectivity index (χ1v) is 12.0. The molecule has 2 heterocycles. The van der Waals surface area contributed by atoms with E-state index in [0.29, 0.717) is 42.8 Å². The first-order valence-electron chi connectivity index (χ1n) is 9.81. The lowest BCUT2D eigenvalue weighted by molar-refractivity contribution is -0.116. The zero-order valence-corrected chi connectivity index (χ0v) is 19.2. The van der Waals surface area contributed by atoms with E-state index in [1.165, 1.54) is 23.4 Å². The monoisotopic (exact) mass is 495 g/mol. The number of piperazine rings is 1. The maximum Gasteiger partial charge on any atom is 0.245 e. The van der Waals surface area contributed by atoms with Crippen molar-refractivity contribution in [3.8, 4) is 0 Å². The molecule has 2 aliphatic heterocycles. The summed E-state index contributed by atoms with van der Waals surface area (Å²) in [6.07, 6.45) is 0.620. The zero-order chi connectivity index (χ0) is 21.6. The average molecular weight is 496 g/mol. The van der Waals surface area contributed by atoms with Crippen molar-refractivity contribution in [2.24, 2.45) is 0 Å². The minimum Gasteiger partial charge on any atom is -0.369 e. The van der Waals surface area contributed by atoms with E-state index in [2.05, 4.69) is 15.9 Å². The van der Waals surface area contributed by atoms with E-state index < -0.39 is 10.0 Å². The van der Waals surface area contributed by atoms with E-state index in [0.717, 1.165) is 11.3 Å². The molecule has 2 aliphatic rings. The molecular formula is C21H23BrFN3O3S. The van der Waals surface area contributed by atoms with Crippen LogP contribution in [0.3, 0.4) is 0 Å². The number of halogens is 2. The molecule has 0 bridgehead atoms. The summed E-state index contributed by atoms with van der Waals surface area (Å²) in [6.45, 7) is 5.04. The fourth-order valence-corrected chi connectivity index (χ4v) is 6.66. The Morgan fingerprint density at radius 3 is 2.33 bits per heavy atom. The van der Waals surface area contributed by atoms with Crippen molar-refractivity contribution in [1.82, 2.24) is 4.31 Å². The summed E-state index contributed by atoms with van der Waals surface area (Å²) >= 11 is 3.43. The van der Waals surface area contributed by atoms with Crippen LogP contribution < -0.4 is 9.80 Å². The summed E-state index contributed by atoms with van der Waals surface area (Å²) in [6, 6.07) is 9.60. The molecule has 9 heteroatoms. The van der Waals surface area contributed by atoms with Crippen molar-refractivity contribution >= 4 is 43.2 Å². The van der Waals surface area contributed by atoms with Crippen molar-refractivity contribution in [2.45, 2.75) is 31.2 Å². The Balaban J connectivity index is 1.63. The highest BCUT2D eigenvalue weighted by atomic mass is 79.9. The maximum atomic E-state index is 13.6. The Morgan fingerprint density at radius 2 is 1.73 bits per heavy atom. The molecule has 0 aliphatic carbocycles. The highest BCUT2D eigenvalue weighted by Crippen LogP contribution is 2.41. The van der Waals surface area contributed by atoms with Crippen molar-refractivity contribution in [2.75, 3.05) is 36.0 Å². The van der Waals surface area contributed by atoms with Gasteiger partial charge in [-0.3, -0.25) is 4.79 Å². The Morgan fingerprint density at radius 1 is 1.10 bits per heavy atom. The molecule has 2 aromatic carbocycles. The number of anilines is 2. The van der Waals surface area contributed by atoms with Crippen LogP contribution in [0, 0.1) is 5.82 Å². The Labute approximate surface area is 184 Å². The standard InChI is InChI=1S/C21H23BrFN3O3S/c1-14-11-16-12-17(22)13-20(21(16)26(14)15(2)27)30(28,29)25-9-7-24(8-10-25)19-5-3-18(23)4-6-19/h3-6,12-14H,7-11H2,1-2H3/t14-/m1/s1. The number of nitrogens with zero attached hydrogens (tertiary/aromatic N) is 3. The number of sulfonamides is 1. The molecule has 1 fully saturated rings.